The standard InChI is InChI=1S/C21H27N3O2/c1-3-19(17-10-11-17)23-21(25)24(14-16-7-6-12-22-13-16)15-18-8-4-5-9-20(18)26-2/h4-9,12-13,17,19H,3,10-11,14-15H2,1-2H3,(H,23,25). The fraction of sp³-hybridized carbons (Fsp3) is 0.429. The molecule has 1 unspecified atom stereocenters. The molecule has 2 amide bonds. The van der Waals surface area contributed by atoms with E-state index in [0.717, 1.165) is 23.3 Å². The van der Waals surface area contributed by atoms with E-state index in [-0.39, 0.29) is 12.1 Å². The topological polar surface area (TPSA) is 54.5 Å². The van der Waals surface area contributed by atoms with Gasteiger partial charge in [-0.15, -0.1) is 0 Å². The number of nitrogens with zero attached hydrogens (tertiary/aromatic N) is 2. The Hall–Kier alpha value is -2.56. The molecule has 1 aromatic carbocycles. The van der Waals surface area contributed by atoms with E-state index in [4.69, 9.17) is 4.74 Å². The van der Waals surface area contributed by atoms with Crippen LogP contribution in [0.2, 0.25) is 0 Å². The van der Waals surface area contributed by atoms with Gasteiger partial charge in [0.1, 0.15) is 5.75 Å². The third-order valence-corrected chi connectivity index (χ3v) is 4.88. The number of rotatable bonds is 8. The lowest BCUT2D eigenvalue weighted by Crippen LogP contribution is -2.45. The Balaban J connectivity index is 1.77. The van der Waals surface area contributed by atoms with Gasteiger partial charge in [0.2, 0.25) is 0 Å². The van der Waals surface area contributed by atoms with Crippen molar-refractivity contribution in [3.8, 4) is 5.75 Å². The predicted molar refractivity (Wildman–Crippen MR) is 102 cm³/mol. The molecule has 138 valence electrons. The van der Waals surface area contributed by atoms with Gasteiger partial charge in [-0.2, -0.15) is 0 Å². The second-order valence-electron chi connectivity index (χ2n) is 6.83. The lowest BCUT2D eigenvalue weighted by Gasteiger charge is -2.27. The van der Waals surface area contributed by atoms with Crippen molar-refractivity contribution in [2.75, 3.05) is 7.11 Å². The molecule has 1 aliphatic rings. The van der Waals surface area contributed by atoms with Gasteiger partial charge in [0.05, 0.1) is 13.7 Å². The van der Waals surface area contributed by atoms with Crippen molar-refractivity contribution in [1.82, 2.24) is 15.2 Å². The Bertz CT molecular complexity index is 716. The molecule has 1 N–H and O–H groups in total. The normalized spacial score (nSPS) is 14.5. The Morgan fingerprint density at radius 3 is 2.73 bits per heavy atom. The Morgan fingerprint density at radius 2 is 2.08 bits per heavy atom. The summed E-state index contributed by atoms with van der Waals surface area (Å²) in [5.74, 6) is 1.43. The summed E-state index contributed by atoms with van der Waals surface area (Å²) < 4.78 is 5.46. The molecule has 1 atom stereocenters. The molecule has 0 radical (unpaired) electrons. The smallest absolute Gasteiger partial charge is 0.318 e. The predicted octanol–water partition coefficient (Wildman–Crippen LogP) is 3.99. The second-order valence-corrected chi connectivity index (χ2v) is 6.83. The zero-order chi connectivity index (χ0) is 18.4. The van der Waals surface area contributed by atoms with Crippen LogP contribution in [0.25, 0.3) is 0 Å². The van der Waals surface area contributed by atoms with Gasteiger partial charge in [0.15, 0.2) is 0 Å². The minimum Gasteiger partial charge on any atom is -0.496 e. The van der Waals surface area contributed by atoms with Gasteiger partial charge >= 0.3 is 6.03 Å². The fourth-order valence-electron chi connectivity index (χ4n) is 3.25. The van der Waals surface area contributed by atoms with Crippen LogP contribution in [-0.4, -0.2) is 29.1 Å². The van der Waals surface area contributed by atoms with Crippen LogP contribution in [0.1, 0.15) is 37.3 Å². The summed E-state index contributed by atoms with van der Waals surface area (Å²) in [6.07, 6.45) is 6.95. The average Bonchev–Trinajstić information content (AvgIpc) is 3.51. The van der Waals surface area contributed by atoms with Crippen LogP contribution in [0.3, 0.4) is 0 Å². The first-order chi connectivity index (χ1) is 12.7. The summed E-state index contributed by atoms with van der Waals surface area (Å²) >= 11 is 0. The number of aromatic nitrogens is 1. The molecule has 0 bridgehead atoms. The number of carbonyl (C=O) groups is 1. The number of nitrogens with one attached hydrogen (secondary N) is 1. The molecule has 1 aromatic heterocycles. The first-order valence-electron chi connectivity index (χ1n) is 9.27. The lowest BCUT2D eigenvalue weighted by atomic mass is 10.1. The maximum atomic E-state index is 13.0. The SMILES string of the molecule is CCC(NC(=O)N(Cc1cccnc1)Cc1ccccc1OC)C1CC1. The molecule has 5 nitrogen and oxygen atoms in total. The first kappa shape index (κ1) is 18.2. The molecule has 1 saturated carbocycles. The highest BCUT2D eigenvalue weighted by Gasteiger charge is 2.32. The van der Waals surface area contributed by atoms with Crippen molar-refractivity contribution in [3.63, 3.8) is 0 Å². The molecule has 26 heavy (non-hydrogen) atoms. The van der Waals surface area contributed by atoms with Crippen molar-refractivity contribution >= 4 is 6.03 Å². The maximum Gasteiger partial charge on any atom is 0.318 e. The molecule has 0 saturated heterocycles. The number of carbonyl (C=O) groups excluding carboxylic acids is 1. The number of ether oxygens (including phenoxy) is 1. The van der Waals surface area contributed by atoms with E-state index in [1.807, 2.05) is 41.3 Å². The summed E-state index contributed by atoms with van der Waals surface area (Å²) in [6.45, 7) is 3.14. The Morgan fingerprint density at radius 1 is 1.27 bits per heavy atom. The quantitative estimate of drug-likeness (QED) is 0.781. The van der Waals surface area contributed by atoms with Crippen molar-refractivity contribution < 1.29 is 9.53 Å². The minimum absolute atomic E-state index is 0.0292. The van der Waals surface area contributed by atoms with E-state index in [1.165, 1.54) is 12.8 Å². The number of amides is 2. The van der Waals surface area contributed by atoms with Gasteiger partial charge in [-0.05, 0) is 42.9 Å². The molecule has 1 fully saturated rings. The van der Waals surface area contributed by atoms with Gasteiger partial charge in [0, 0.05) is 30.5 Å². The summed E-state index contributed by atoms with van der Waals surface area (Å²) in [5, 5.41) is 3.23. The van der Waals surface area contributed by atoms with Crippen LogP contribution >= 0.6 is 0 Å². The van der Waals surface area contributed by atoms with Gasteiger partial charge < -0.3 is 15.0 Å². The molecule has 2 aromatic rings. The van der Waals surface area contributed by atoms with Crippen LogP contribution in [0.15, 0.2) is 48.8 Å². The zero-order valence-electron chi connectivity index (χ0n) is 15.5. The Labute approximate surface area is 155 Å². The summed E-state index contributed by atoms with van der Waals surface area (Å²) in [7, 11) is 1.66. The van der Waals surface area contributed by atoms with Gasteiger partial charge in [-0.3, -0.25) is 4.98 Å². The molecule has 3 rings (SSSR count). The molecular weight excluding hydrogens is 326 g/mol. The number of urea groups is 1. The summed E-state index contributed by atoms with van der Waals surface area (Å²) in [5.41, 5.74) is 2.01. The summed E-state index contributed by atoms with van der Waals surface area (Å²) in [4.78, 5) is 19.0. The number of pyridine rings is 1. The number of hydrogen-bond acceptors (Lipinski definition) is 3. The van der Waals surface area contributed by atoms with Gasteiger partial charge in [-0.25, -0.2) is 4.79 Å². The first-order valence-corrected chi connectivity index (χ1v) is 9.27. The number of methoxy groups -OCH3 is 1. The van der Waals surface area contributed by atoms with E-state index in [2.05, 4.69) is 17.2 Å². The molecule has 0 aliphatic heterocycles. The highest BCUT2D eigenvalue weighted by Crippen LogP contribution is 2.34. The average molecular weight is 353 g/mol. The lowest BCUT2D eigenvalue weighted by molar-refractivity contribution is 0.185. The van der Waals surface area contributed by atoms with Crippen molar-refractivity contribution in [1.29, 1.82) is 0 Å². The van der Waals surface area contributed by atoms with Crippen LogP contribution in [0.4, 0.5) is 4.79 Å². The van der Waals surface area contributed by atoms with E-state index < -0.39 is 0 Å². The molecule has 1 aliphatic carbocycles. The van der Waals surface area contributed by atoms with Crippen molar-refractivity contribution in [3.05, 3.63) is 59.9 Å². The minimum atomic E-state index is -0.0292. The molecule has 0 spiro atoms. The molecular formula is C21H27N3O2. The monoisotopic (exact) mass is 353 g/mol. The van der Waals surface area contributed by atoms with E-state index >= 15 is 0 Å². The number of hydrogen-bond donors (Lipinski definition) is 1. The highest BCUT2D eigenvalue weighted by molar-refractivity contribution is 5.74. The van der Waals surface area contributed by atoms with Crippen molar-refractivity contribution in [2.45, 2.75) is 45.3 Å². The van der Waals surface area contributed by atoms with Crippen LogP contribution < -0.4 is 10.1 Å². The third kappa shape index (κ3) is 4.75. The van der Waals surface area contributed by atoms with E-state index in [1.54, 1.807) is 19.5 Å². The summed E-state index contributed by atoms with van der Waals surface area (Å²) in [6, 6.07) is 12.0. The van der Waals surface area contributed by atoms with Crippen LogP contribution in [-0.2, 0) is 13.1 Å². The molecule has 5 heteroatoms. The van der Waals surface area contributed by atoms with Crippen LogP contribution in [0.5, 0.6) is 5.75 Å². The third-order valence-electron chi connectivity index (χ3n) is 4.88. The Kier molecular flexibility index (Phi) is 6.10. The van der Waals surface area contributed by atoms with E-state index in [0.29, 0.717) is 19.0 Å². The maximum absolute atomic E-state index is 13.0. The number of para-hydroxylation sites is 1. The van der Waals surface area contributed by atoms with E-state index in [9.17, 15) is 4.79 Å². The molecule has 1 heterocycles. The zero-order valence-corrected chi connectivity index (χ0v) is 15.5. The van der Waals surface area contributed by atoms with Crippen LogP contribution in [0, 0.1) is 5.92 Å². The van der Waals surface area contributed by atoms with Gasteiger partial charge in [0.25, 0.3) is 0 Å². The van der Waals surface area contributed by atoms with Gasteiger partial charge in [-0.1, -0.05) is 31.2 Å². The van der Waals surface area contributed by atoms with Crippen molar-refractivity contribution in [2.24, 2.45) is 5.92 Å². The largest absolute Gasteiger partial charge is 0.496 e. The fourth-order valence-corrected chi connectivity index (χ4v) is 3.25. The highest BCUT2D eigenvalue weighted by atomic mass is 16.5. The number of benzene rings is 1. The second kappa shape index (κ2) is 8.70.